The molecule has 5 aromatic rings. The van der Waals surface area contributed by atoms with Gasteiger partial charge in [0.15, 0.2) is 5.76 Å². The number of hydrogen-bond donors (Lipinski definition) is 2. The van der Waals surface area contributed by atoms with Crippen molar-refractivity contribution in [3.8, 4) is 33.6 Å². The lowest BCUT2D eigenvalue weighted by molar-refractivity contribution is -0.121. The molecule has 1 fully saturated rings. The number of rotatable bonds is 8. The normalized spacial score (nSPS) is 13.9. The second kappa shape index (κ2) is 10.6. The van der Waals surface area contributed by atoms with Gasteiger partial charge < -0.3 is 9.84 Å². The van der Waals surface area contributed by atoms with Crippen LogP contribution in [0.4, 0.5) is 11.4 Å². The molecule has 0 spiro atoms. The van der Waals surface area contributed by atoms with E-state index >= 15 is 0 Å². The standard InChI is InChI=1S/C33H30N4O4S/c1-21-4-6-25(7-5-21)27-18-29(20-34-19-27)35-30-22(2)36-41-31(30)26-10-8-23(9-11-26)24-12-14-28(15-13-24)33(16-17-33)32(38)37-42(3,39)40/h4-15,18-20,35H,16-17H2,1-3H3,(H,37,38). The number of carbonyl (C=O) groups is 1. The maximum absolute atomic E-state index is 12.6. The van der Waals surface area contributed by atoms with Crippen LogP contribution >= 0.6 is 0 Å². The van der Waals surface area contributed by atoms with Gasteiger partial charge in [-0.15, -0.1) is 0 Å². The van der Waals surface area contributed by atoms with Crippen LogP contribution in [-0.4, -0.2) is 30.7 Å². The minimum Gasteiger partial charge on any atom is -0.354 e. The van der Waals surface area contributed by atoms with E-state index in [2.05, 4.69) is 57.4 Å². The molecule has 42 heavy (non-hydrogen) atoms. The zero-order valence-corrected chi connectivity index (χ0v) is 24.3. The van der Waals surface area contributed by atoms with Crippen molar-refractivity contribution in [3.63, 3.8) is 0 Å². The Kier molecular flexibility index (Phi) is 6.90. The number of aryl methyl sites for hydroxylation is 2. The molecular weight excluding hydrogens is 548 g/mol. The molecule has 0 unspecified atom stereocenters. The van der Waals surface area contributed by atoms with E-state index in [-0.39, 0.29) is 0 Å². The number of sulfonamides is 1. The molecule has 6 rings (SSSR count). The van der Waals surface area contributed by atoms with Crippen LogP contribution in [0, 0.1) is 13.8 Å². The minimum atomic E-state index is -3.61. The van der Waals surface area contributed by atoms with E-state index in [1.807, 2.05) is 61.7 Å². The molecule has 3 aromatic carbocycles. The van der Waals surface area contributed by atoms with Crippen molar-refractivity contribution >= 4 is 27.3 Å². The number of anilines is 2. The maximum Gasteiger partial charge on any atom is 0.244 e. The van der Waals surface area contributed by atoms with Crippen LogP contribution in [0.1, 0.15) is 29.7 Å². The number of amides is 1. The maximum atomic E-state index is 12.6. The predicted molar refractivity (Wildman–Crippen MR) is 164 cm³/mol. The van der Waals surface area contributed by atoms with Crippen molar-refractivity contribution in [2.45, 2.75) is 32.1 Å². The number of pyridine rings is 1. The summed E-state index contributed by atoms with van der Waals surface area (Å²) in [6.45, 7) is 3.96. The number of aromatic nitrogens is 2. The van der Waals surface area contributed by atoms with Gasteiger partial charge in [0.25, 0.3) is 0 Å². The number of nitrogens with one attached hydrogen (secondary N) is 2. The molecule has 1 saturated carbocycles. The van der Waals surface area contributed by atoms with Gasteiger partial charge in [-0.3, -0.25) is 14.5 Å². The molecule has 8 nitrogen and oxygen atoms in total. The first kappa shape index (κ1) is 27.4. The van der Waals surface area contributed by atoms with Crippen LogP contribution in [0.3, 0.4) is 0 Å². The third-order valence-electron chi connectivity index (χ3n) is 7.64. The van der Waals surface area contributed by atoms with Crippen molar-refractivity contribution in [1.82, 2.24) is 14.9 Å². The first-order valence-corrected chi connectivity index (χ1v) is 15.5. The quantitative estimate of drug-likeness (QED) is 0.215. The predicted octanol–water partition coefficient (Wildman–Crippen LogP) is 6.54. The number of hydrogen-bond acceptors (Lipinski definition) is 7. The molecule has 0 atom stereocenters. The molecule has 9 heteroatoms. The van der Waals surface area contributed by atoms with Crippen molar-refractivity contribution in [2.75, 3.05) is 11.6 Å². The van der Waals surface area contributed by atoms with Gasteiger partial charge in [0.05, 0.1) is 23.6 Å². The Balaban J connectivity index is 1.20. The van der Waals surface area contributed by atoms with E-state index in [0.717, 1.165) is 56.7 Å². The number of nitrogens with zero attached hydrogens (tertiary/aromatic N) is 2. The molecule has 2 aromatic heterocycles. The largest absolute Gasteiger partial charge is 0.354 e. The number of benzene rings is 3. The molecule has 0 radical (unpaired) electrons. The Morgan fingerprint density at radius 1 is 0.810 bits per heavy atom. The molecule has 1 amide bonds. The van der Waals surface area contributed by atoms with Crippen molar-refractivity contribution in [3.05, 3.63) is 108 Å². The topological polar surface area (TPSA) is 114 Å². The van der Waals surface area contributed by atoms with Crippen LogP contribution in [-0.2, 0) is 20.2 Å². The van der Waals surface area contributed by atoms with E-state index in [1.165, 1.54) is 5.56 Å². The lowest BCUT2D eigenvalue weighted by atomic mass is 9.93. The van der Waals surface area contributed by atoms with E-state index in [9.17, 15) is 13.2 Å². The molecule has 2 N–H and O–H groups in total. The lowest BCUT2D eigenvalue weighted by Gasteiger charge is -2.15. The highest BCUT2D eigenvalue weighted by molar-refractivity contribution is 7.89. The summed E-state index contributed by atoms with van der Waals surface area (Å²) in [5.41, 5.74) is 8.54. The van der Waals surface area contributed by atoms with Gasteiger partial charge in [-0.25, -0.2) is 8.42 Å². The van der Waals surface area contributed by atoms with Crippen LogP contribution in [0.25, 0.3) is 33.6 Å². The van der Waals surface area contributed by atoms with Gasteiger partial charge in [-0.05, 0) is 55.0 Å². The molecule has 1 aliphatic rings. The fraction of sp³-hybridized carbons (Fsp3) is 0.182. The first-order valence-electron chi connectivity index (χ1n) is 13.6. The fourth-order valence-corrected chi connectivity index (χ4v) is 5.64. The number of carbonyl (C=O) groups excluding carboxylic acids is 1. The average Bonchev–Trinajstić information content (AvgIpc) is 3.72. The molecule has 2 heterocycles. The second-order valence-electron chi connectivity index (χ2n) is 10.9. The van der Waals surface area contributed by atoms with Crippen molar-refractivity contribution in [2.24, 2.45) is 0 Å². The summed E-state index contributed by atoms with van der Waals surface area (Å²) in [6.07, 6.45) is 5.87. The highest BCUT2D eigenvalue weighted by Gasteiger charge is 2.52. The summed E-state index contributed by atoms with van der Waals surface area (Å²) >= 11 is 0. The van der Waals surface area contributed by atoms with Crippen LogP contribution in [0.2, 0.25) is 0 Å². The zero-order chi connectivity index (χ0) is 29.5. The van der Waals surface area contributed by atoms with E-state index in [1.54, 1.807) is 6.20 Å². The Morgan fingerprint density at radius 3 is 2.00 bits per heavy atom. The first-order chi connectivity index (χ1) is 20.1. The van der Waals surface area contributed by atoms with Gasteiger partial charge in [0, 0.05) is 17.3 Å². The molecular formula is C33H30N4O4S. The fourth-order valence-electron chi connectivity index (χ4n) is 5.10. The highest BCUT2D eigenvalue weighted by atomic mass is 32.2. The SMILES string of the molecule is Cc1ccc(-c2cncc(Nc3c(C)noc3-c3ccc(-c4ccc(C5(C(=O)NS(C)(=O)=O)CC5)cc4)cc3)c2)cc1. The Bertz CT molecular complexity index is 1870. The third-order valence-corrected chi connectivity index (χ3v) is 8.19. The Labute approximate surface area is 244 Å². The third kappa shape index (κ3) is 5.56. The Hall–Kier alpha value is -4.76. The average molecular weight is 579 g/mol. The molecule has 0 saturated heterocycles. The van der Waals surface area contributed by atoms with Crippen LogP contribution < -0.4 is 10.0 Å². The van der Waals surface area contributed by atoms with Crippen molar-refractivity contribution < 1.29 is 17.7 Å². The van der Waals surface area contributed by atoms with Crippen molar-refractivity contribution in [1.29, 1.82) is 0 Å². The smallest absolute Gasteiger partial charge is 0.244 e. The monoisotopic (exact) mass is 578 g/mol. The molecule has 212 valence electrons. The van der Waals surface area contributed by atoms with E-state index in [0.29, 0.717) is 18.6 Å². The van der Waals surface area contributed by atoms with Gasteiger partial charge >= 0.3 is 0 Å². The molecule has 1 aliphatic carbocycles. The molecule has 0 aliphatic heterocycles. The van der Waals surface area contributed by atoms with Gasteiger partial charge in [0.1, 0.15) is 11.4 Å². The van der Waals surface area contributed by atoms with Crippen LogP contribution in [0.5, 0.6) is 0 Å². The lowest BCUT2D eigenvalue weighted by Crippen LogP contribution is -2.38. The summed E-state index contributed by atoms with van der Waals surface area (Å²) in [5.74, 6) is 0.161. The van der Waals surface area contributed by atoms with E-state index in [4.69, 9.17) is 4.52 Å². The highest BCUT2D eigenvalue weighted by Crippen LogP contribution is 2.49. The van der Waals surface area contributed by atoms with Gasteiger partial charge in [0.2, 0.25) is 15.9 Å². The minimum absolute atomic E-state index is 0.466. The molecule has 0 bridgehead atoms. The summed E-state index contributed by atoms with van der Waals surface area (Å²) in [7, 11) is -3.61. The summed E-state index contributed by atoms with van der Waals surface area (Å²) in [6, 6.07) is 26.1. The summed E-state index contributed by atoms with van der Waals surface area (Å²) < 4.78 is 31.0. The zero-order valence-electron chi connectivity index (χ0n) is 23.5. The Morgan fingerprint density at radius 2 is 1.38 bits per heavy atom. The van der Waals surface area contributed by atoms with Gasteiger partial charge in [-0.1, -0.05) is 83.5 Å². The second-order valence-corrected chi connectivity index (χ2v) is 12.6. The van der Waals surface area contributed by atoms with Gasteiger partial charge in [-0.2, -0.15) is 0 Å². The summed E-state index contributed by atoms with van der Waals surface area (Å²) in [4.78, 5) is 17.0. The van der Waals surface area contributed by atoms with Crippen LogP contribution in [0.15, 0.2) is 95.8 Å². The summed E-state index contributed by atoms with van der Waals surface area (Å²) in [5, 5.41) is 7.65. The van der Waals surface area contributed by atoms with E-state index < -0.39 is 21.3 Å².